The van der Waals surface area contributed by atoms with E-state index in [1.165, 1.54) is 24.3 Å². The van der Waals surface area contributed by atoms with Gasteiger partial charge in [0.05, 0.1) is 27.4 Å². The Labute approximate surface area is 196 Å². The summed E-state index contributed by atoms with van der Waals surface area (Å²) in [5, 5.41) is 21.4. The molecule has 11 heteroatoms. The molecule has 2 fully saturated rings. The van der Waals surface area contributed by atoms with Gasteiger partial charge in [-0.3, -0.25) is 23.9 Å². The van der Waals surface area contributed by atoms with E-state index in [0.717, 1.165) is 10.5 Å². The van der Waals surface area contributed by atoms with Crippen LogP contribution >= 0.6 is 0 Å². The molecule has 2 saturated heterocycles. The van der Waals surface area contributed by atoms with Crippen LogP contribution in [0.2, 0.25) is 0 Å². The highest BCUT2D eigenvalue weighted by Gasteiger charge is 2.61. The van der Waals surface area contributed by atoms with Crippen LogP contribution < -0.4 is 5.32 Å². The van der Waals surface area contributed by atoms with Gasteiger partial charge >= 0.3 is 5.97 Å². The normalized spacial score (nSPS) is 25.8. The van der Waals surface area contributed by atoms with Crippen molar-refractivity contribution < 1.29 is 28.6 Å². The Morgan fingerprint density at radius 3 is 2.35 bits per heavy atom. The van der Waals surface area contributed by atoms with E-state index >= 15 is 0 Å². The number of carbonyl (C=O) groups excluding carboxylic acids is 2. The summed E-state index contributed by atoms with van der Waals surface area (Å²) in [5.41, 5.74) is 1.36. The summed E-state index contributed by atoms with van der Waals surface area (Å²) in [7, 11) is -1.77. The number of aliphatic carboxylic acids is 1. The molecule has 0 saturated carbocycles. The van der Waals surface area contributed by atoms with Gasteiger partial charge in [-0.25, -0.2) is 4.79 Å². The summed E-state index contributed by atoms with van der Waals surface area (Å²) in [5.74, 6) is -2.37. The van der Waals surface area contributed by atoms with E-state index in [2.05, 4.69) is 11.9 Å². The largest absolute Gasteiger partial charge is 0.479 e. The number of hydrogen-bond acceptors (Lipinski definition) is 6. The molecule has 4 unspecified atom stereocenters. The fraction of sp³-hybridized carbons (Fsp3) is 0.261. The van der Waals surface area contributed by atoms with Crippen molar-refractivity contribution in [3.63, 3.8) is 0 Å². The van der Waals surface area contributed by atoms with Crippen LogP contribution in [-0.4, -0.2) is 59.6 Å². The maximum atomic E-state index is 13.4. The van der Waals surface area contributed by atoms with Gasteiger partial charge in [-0.2, -0.15) is 0 Å². The van der Waals surface area contributed by atoms with Crippen molar-refractivity contribution >= 4 is 34.3 Å². The Hall–Kier alpha value is -3.86. The van der Waals surface area contributed by atoms with Crippen molar-refractivity contribution in [1.82, 2.24) is 10.2 Å². The van der Waals surface area contributed by atoms with Gasteiger partial charge in [0.15, 0.2) is 6.04 Å². The second-order valence-electron chi connectivity index (χ2n) is 8.10. The number of hydrogen-bond donors (Lipinski definition) is 2. The number of nitro groups is 1. The molecule has 0 spiro atoms. The van der Waals surface area contributed by atoms with Crippen molar-refractivity contribution in [3.8, 4) is 0 Å². The van der Waals surface area contributed by atoms with Crippen LogP contribution in [-0.2, 0) is 38.0 Å². The molecule has 0 aliphatic carbocycles. The second-order valence-corrected chi connectivity index (χ2v) is 9.81. The average molecular weight is 484 g/mol. The molecule has 5 atom stereocenters. The number of nitro benzene ring substituents is 1. The molecule has 2 amide bonds. The van der Waals surface area contributed by atoms with Crippen LogP contribution in [0.5, 0.6) is 0 Å². The first-order valence-electron chi connectivity index (χ1n) is 10.4. The van der Waals surface area contributed by atoms with Crippen LogP contribution in [0.4, 0.5) is 5.69 Å². The second kappa shape index (κ2) is 9.18. The van der Waals surface area contributed by atoms with Gasteiger partial charge < -0.3 is 15.3 Å². The van der Waals surface area contributed by atoms with Crippen LogP contribution in [0.25, 0.3) is 0 Å². The van der Waals surface area contributed by atoms with Gasteiger partial charge in [-0.1, -0.05) is 49.0 Å². The van der Waals surface area contributed by atoms with Gasteiger partial charge in [-0.15, -0.1) is 0 Å². The number of carboxylic acid groups (broad SMARTS) is 1. The fourth-order valence-corrected chi connectivity index (χ4v) is 6.30. The average Bonchev–Trinajstić information content (AvgIpc) is 2.81. The van der Waals surface area contributed by atoms with Gasteiger partial charge in [0, 0.05) is 12.1 Å². The minimum Gasteiger partial charge on any atom is -0.479 e. The minimum atomic E-state index is -1.77. The summed E-state index contributed by atoms with van der Waals surface area (Å²) in [6, 6.07) is 12.0. The lowest BCUT2D eigenvalue weighted by molar-refractivity contribution is -0.384. The molecule has 34 heavy (non-hydrogen) atoms. The Kier molecular flexibility index (Phi) is 6.29. The summed E-state index contributed by atoms with van der Waals surface area (Å²) < 4.78 is 13.4. The van der Waals surface area contributed by atoms with Crippen molar-refractivity contribution in [2.45, 2.75) is 35.5 Å². The number of fused-ring (bicyclic) bond motifs is 1. The third-order valence-electron chi connectivity index (χ3n) is 5.97. The quantitative estimate of drug-likeness (QED) is 0.260. The summed E-state index contributed by atoms with van der Waals surface area (Å²) in [4.78, 5) is 48.6. The molecule has 2 aromatic carbocycles. The number of nitrogens with one attached hydrogen (secondary N) is 1. The highest BCUT2D eigenvalue weighted by Crippen LogP contribution is 2.39. The number of rotatable bonds is 7. The number of amides is 2. The molecule has 2 aliphatic rings. The van der Waals surface area contributed by atoms with Crippen LogP contribution in [0.3, 0.4) is 0 Å². The number of β-lactam (4-membered cyclic amide) rings is 1. The minimum absolute atomic E-state index is 0.0191. The van der Waals surface area contributed by atoms with Gasteiger partial charge in [0.1, 0.15) is 11.4 Å². The van der Waals surface area contributed by atoms with Crippen molar-refractivity contribution in [1.29, 1.82) is 0 Å². The monoisotopic (exact) mass is 483 g/mol. The topological polar surface area (TPSA) is 147 Å². The van der Waals surface area contributed by atoms with E-state index in [4.69, 9.17) is 0 Å². The standard InChI is InChI=1S/C23H21N3O7S/c1-13-17(11-15-7-9-16(10-8-15)26(31)32)34(33)22-19(21(28)25(22)20(13)23(29)30)24-18(27)12-14-5-3-2-4-6-14/h2-10,17,19-20,22H,1,11-12H2,(H,24,27)(H,29,30)/t17?,19?,20?,22-,34?/m1/s1. The molecule has 2 heterocycles. The van der Waals surface area contributed by atoms with Gasteiger partial charge in [-0.05, 0) is 23.1 Å². The van der Waals surface area contributed by atoms with Crippen LogP contribution in [0.15, 0.2) is 66.7 Å². The first-order valence-corrected chi connectivity index (χ1v) is 11.7. The van der Waals surface area contributed by atoms with E-state index in [9.17, 15) is 33.8 Å². The summed E-state index contributed by atoms with van der Waals surface area (Å²) >= 11 is 0. The van der Waals surface area contributed by atoms with E-state index in [1.807, 2.05) is 6.07 Å². The maximum Gasteiger partial charge on any atom is 0.330 e. The molecule has 2 aromatic rings. The Morgan fingerprint density at radius 2 is 1.76 bits per heavy atom. The zero-order valence-corrected chi connectivity index (χ0v) is 18.6. The molecule has 10 nitrogen and oxygen atoms in total. The summed E-state index contributed by atoms with van der Waals surface area (Å²) in [6.45, 7) is 3.82. The lowest BCUT2D eigenvalue weighted by Gasteiger charge is -2.54. The van der Waals surface area contributed by atoms with Crippen molar-refractivity contribution in [2.24, 2.45) is 0 Å². The third kappa shape index (κ3) is 4.21. The number of benzene rings is 2. The predicted octanol–water partition coefficient (Wildman–Crippen LogP) is 1.17. The molecule has 2 N–H and O–H groups in total. The maximum absolute atomic E-state index is 13.4. The predicted molar refractivity (Wildman–Crippen MR) is 122 cm³/mol. The zero-order chi connectivity index (χ0) is 24.6. The van der Waals surface area contributed by atoms with E-state index in [0.29, 0.717) is 5.56 Å². The molecule has 0 bridgehead atoms. The third-order valence-corrected chi connectivity index (χ3v) is 7.97. The molecule has 176 valence electrons. The number of carboxylic acids is 1. The van der Waals surface area contributed by atoms with Crippen LogP contribution in [0.1, 0.15) is 11.1 Å². The zero-order valence-electron chi connectivity index (χ0n) is 17.8. The van der Waals surface area contributed by atoms with Gasteiger partial charge in [0.25, 0.3) is 5.69 Å². The first-order chi connectivity index (χ1) is 16.2. The van der Waals surface area contributed by atoms with E-state index < -0.39 is 56.2 Å². The molecule has 0 radical (unpaired) electrons. The highest BCUT2D eigenvalue weighted by atomic mass is 32.2. The smallest absolute Gasteiger partial charge is 0.330 e. The SMILES string of the molecule is C=C1C(C(=O)O)N2C(=O)C(NC(=O)Cc3ccccc3)[C@H]2S(=O)C1Cc1ccc([N+](=O)[O-])cc1. The van der Waals surface area contributed by atoms with Crippen molar-refractivity contribution in [3.05, 3.63) is 88.0 Å². The highest BCUT2D eigenvalue weighted by molar-refractivity contribution is 7.86. The lowest BCUT2D eigenvalue weighted by atomic mass is 9.93. The van der Waals surface area contributed by atoms with Crippen molar-refractivity contribution in [2.75, 3.05) is 0 Å². The number of non-ortho nitro benzene ring substituents is 1. The van der Waals surface area contributed by atoms with E-state index in [1.54, 1.807) is 24.3 Å². The Bertz CT molecular complexity index is 1200. The number of carbonyl (C=O) groups is 3. The van der Waals surface area contributed by atoms with E-state index in [-0.39, 0.29) is 24.1 Å². The first kappa shape index (κ1) is 23.3. The summed E-state index contributed by atoms with van der Waals surface area (Å²) in [6.07, 6.45) is 0.141. The molecule has 4 rings (SSSR count). The lowest BCUT2D eigenvalue weighted by Crippen LogP contribution is -2.78. The van der Waals surface area contributed by atoms with Gasteiger partial charge in [0.2, 0.25) is 11.8 Å². The molecule has 2 aliphatic heterocycles. The van der Waals surface area contributed by atoms with Crippen LogP contribution in [0, 0.1) is 10.1 Å². The molecular formula is C23H21N3O7S. The molecule has 0 aromatic heterocycles. The Balaban J connectivity index is 1.55. The Morgan fingerprint density at radius 1 is 1.12 bits per heavy atom. The number of nitrogens with zero attached hydrogens (tertiary/aromatic N) is 2. The molecular weight excluding hydrogens is 462 g/mol. The fourth-order valence-electron chi connectivity index (χ4n) is 4.28.